The average molecular weight is 234 g/mol. The molecular weight excluding hydrogens is 212 g/mol. The standard InChI is InChI=1S/C15H22O2/c1-10-7-8-13(9-11(10)2)12(3)14(16)17-15(4,5)6/h7-9,12H,1-6H3. The van der Waals surface area contributed by atoms with Gasteiger partial charge in [-0.1, -0.05) is 18.2 Å². The lowest BCUT2D eigenvalue weighted by atomic mass is 9.97. The summed E-state index contributed by atoms with van der Waals surface area (Å²) in [5.74, 6) is -0.380. The molecule has 2 nitrogen and oxygen atoms in total. The molecule has 0 aliphatic rings. The Labute approximate surface area is 104 Å². The minimum absolute atomic E-state index is 0.166. The molecule has 0 saturated carbocycles. The number of hydrogen-bond acceptors (Lipinski definition) is 2. The first kappa shape index (κ1) is 13.8. The van der Waals surface area contributed by atoms with Crippen molar-refractivity contribution in [2.45, 2.75) is 53.1 Å². The molecule has 1 unspecified atom stereocenters. The van der Waals surface area contributed by atoms with E-state index in [2.05, 4.69) is 19.9 Å². The molecule has 0 N–H and O–H groups in total. The number of benzene rings is 1. The summed E-state index contributed by atoms with van der Waals surface area (Å²) < 4.78 is 5.39. The predicted octanol–water partition coefficient (Wildman–Crippen LogP) is 3.75. The molecule has 0 aliphatic heterocycles. The fourth-order valence-corrected chi connectivity index (χ4v) is 1.56. The van der Waals surface area contributed by atoms with E-state index in [1.54, 1.807) is 0 Å². The van der Waals surface area contributed by atoms with E-state index in [0.717, 1.165) is 5.56 Å². The van der Waals surface area contributed by atoms with E-state index in [4.69, 9.17) is 4.74 Å². The first-order valence-electron chi connectivity index (χ1n) is 6.01. The lowest BCUT2D eigenvalue weighted by Gasteiger charge is -2.22. The van der Waals surface area contributed by atoms with E-state index >= 15 is 0 Å². The predicted molar refractivity (Wildman–Crippen MR) is 70.2 cm³/mol. The average Bonchev–Trinajstić information content (AvgIpc) is 2.18. The Kier molecular flexibility index (Phi) is 3.97. The second kappa shape index (κ2) is 4.91. The molecule has 1 atom stereocenters. The highest BCUT2D eigenvalue weighted by atomic mass is 16.6. The summed E-state index contributed by atoms with van der Waals surface area (Å²) in [6, 6.07) is 6.10. The van der Waals surface area contributed by atoms with Gasteiger partial charge in [0.2, 0.25) is 0 Å². The van der Waals surface area contributed by atoms with Crippen molar-refractivity contribution in [2.75, 3.05) is 0 Å². The second-order valence-corrected chi connectivity index (χ2v) is 5.60. The summed E-state index contributed by atoms with van der Waals surface area (Å²) in [6.45, 7) is 11.7. The Hall–Kier alpha value is -1.31. The molecule has 1 aromatic carbocycles. The third kappa shape index (κ3) is 3.88. The van der Waals surface area contributed by atoms with Crippen LogP contribution in [-0.2, 0) is 9.53 Å². The Balaban J connectivity index is 2.85. The molecular formula is C15H22O2. The lowest BCUT2D eigenvalue weighted by Crippen LogP contribution is -2.26. The molecule has 0 spiro atoms. The number of rotatable bonds is 2. The Morgan fingerprint density at radius 1 is 1.18 bits per heavy atom. The van der Waals surface area contributed by atoms with Gasteiger partial charge in [0.15, 0.2) is 0 Å². The lowest BCUT2D eigenvalue weighted by molar-refractivity contribution is -0.156. The van der Waals surface area contributed by atoms with Crippen LogP contribution in [0.5, 0.6) is 0 Å². The highest BCUT2D eigenvalue weighted by Crippen LogP contribution is 2.22. The largest absolute Gasteiger partial charge is 0.460 e. The van der Waals surface area contributed by atoms with Gasteiger partial charge in [-0.25, -0.2) is 0 Å². The van der Waals surface area contributed by atoms with Gasteiger partial charge in [-0.2, -0.15) is 0 Å². The van der Waals surface area contributed by atoms with Gasteiger partial charge in [0.25, 0.3) is 0 Å². The van der Waals surface area contributed by atoms with E-state index in [1.807, 2.05) is 39.8 Å². The number of esters is 1. The van der Waals surface area contributed by atoms with Crippen LogP contribution in [0.4, 0.5) is 0 Å². The smallest absolute Gasteiger partial charge is 0.313 e. The van der Waals surface area contributed by atoms with Gasteiger partial charge in [-0.15, -0.1) is 0 Å². The van der Waals surface area contributed by atoms with Crippen LogP contribution in [0.25, 0.3) is 0 Å². The number of aryl methyl sites for hydroxylation is 2. The molecule has 0 saturated heterocycles. The zero-order valence-electron chi connectivity index (χ0n) is 11.6. The molecule has 0 amide bonds. The van der Waals surface area contributed by atoms with Gasteiger partial charge in [0.1, 0.15) is 5.60 Å². The fraction of sp³-hybridized carbons (Fsp3) is 0.533. The first-order chi connectivity index (χ1) is 7.70. The van der Waals surface area contributed by atoms with Crippen LogP contribution >= 0.6 is 0 Å². The van der Waals surface area contributed by atoms with Crippen molar-refractivity contribution in [1.82, 2.24) is 0 Å². The summed E-state index contributed by atoms with van der Waals surface area (Å²) in [5, 5.41) is 0. The van der Waals surface area contributed by atoms with Crippen LogP contribution in [0.15, 0.2) is 18.2 Å². The van der Waals surface area contributed by atoms with E-state index in [-0.39, 0.29) is 11.9 Å². The molecule has 1 aromatic rings. The van der Waals surface area contributed by atoms with Crippen LogP contribution < -0.4 is 0 Å². The minimum atomic E-state index is -0.426. The van der Waals surface area contributed by atoms with Crippen molar-refractivity contribution in [2.24, 2.45) is 0 Å². The molecule has 17 heavy (non-hydrogen) atoms. The number of carbonyl (C=O) groups is 1. The van der Waals surface area contributed by atoms with Gasteiger partial charge in [0.05, 0.1) is 5.92 Å². The Morgan fingerprint density at radius 3 is 2.24 bits per heavy atom. The van der Waals surface area contributed by atoms with Crippen molar-refractivity contribution < 1.29 is 9.53 Å². The highest BCUT2D eigenvalue weighted by molar-refractivity contribution is 5.78. The maximum absolute atomic E-state index is 11.9. The number of ether oxygens (including phenoxy) is 1. The summed E-state index contributed by atoms with van der Waals surface area (Å²) in [6.07, 6.45) is 0. The van der Waals surface area contributed by atoms with Crippen LogP contribution in [0.1, 0.15) is 50.3 Å². The summed E-state index contributed by atoms with van der Waals surface area (Å²) in [5.41, 5.74) is 3.04. The van der Waals surface area contributed by atoms with Crippen LogP contribution in [-0.4, -0.2) is 11.6 Å². The van der Waals surface area contributed by atoms with Gasteiger partial charge >= 0.3 is 5.97 Å². The van der Waals surface area contributed by atoms with E-state index in [1.165, 1.54) is 11.1 Å². The Morgan fingerprint density at radius 2 is 1.76 bits per heavy atom. The molecule has 0 heterocycles. The molecule has 0 bridgehead atoms. The maximum Gasteiger partial charge on any atom is 0.313 e. The number of hydrogen-bond donors (Lipinski definition) is 0. The third-order valence-corrected chi connectivity index (χ3v) is 2.79. The summed E-state index contributed by atoms with van der Waals surface area (Å²) in [7, 11) is 0. The quantitative estimate of drug-likeness (QED) is 0.728. The molecule has 1 rings (SSSR count). The third-order valence-electron chi connectivity index (χ3n) is 2.79. The topological polar surface area (TPSA) is 26.3 Å². The normalized spacial score (nSPS) is 13.3. The molecule has 94 valence electrons. The molecule has 0 radical (unpaired) electrons. The summed E-state index contributed by atoms with van der Waals surface area (Å²) in [4.78, 5) is 11.9. The van der Waals surface area contributed by atoms with Crippen molar-refractivity contribution in [3.05, 3.63) is 34.9 Å². The zero-order valence-corrected chi connectivity index (χ0v) is 11.6. The van der Waals surface area contributed by atoms with Crippen molar-refractivity contribution in [1.29, 1.82) is 0 Å². The first-order valence-corrected chi connectivity index (χ1v) is 6.01. The van der Waals surface area contributed by atoms with E-state index < -0.39 is 5.60 Å². The summed E-state index contributed by atoms with van der Waals surface area (Å²) >= 11 is 0. The van der Waals surface area contributed by atoms with E-state index in [0.29, 0.717) is 0 Å². The van der Waals surface area contributed by atoms with Crippen LogP contribution in [0.3, 0.4) is 0 Å². The van der Waals surface area contributed by atoms with Gasteiger partial charge in [-0.05, 0) is 58.2 Å². The molecule has 0 aromatic heterocycles. The van der Waals surface area contributed by atoms with Gasteiger partial charge in [0, 0.05) is 0 Å². The zero-order chi connectivity index (χ0) is 13.2. The van der Waals surface area contributed by atoms with Crippen LogP contribution in [0.2, 0.25) is 0 Å². The Bertz CT molecular complexity index is 413. The molecule has 0 aliphatic carbocycles. The van der Waals surface area contributed by atoms with Gasteiger partial charge < -0.3 is 4.74 Å². The fourth-order valence-electron chi connectivity index (χ4n) is 1.56. The van der Waals surface area contributed by atoms with Crippen molar-refractivity contribution in [3.8, 4) is 0 Å². The van der Waals surface area contributed by atoms with Crippen molar-refractivity contribution in [3.63, 3.8) is 0 Å². The minimum Gasteiger partial charge on any atom is -0.460 e. The van der Waals surface area contributed by atoms with Crippen LogP contribution in [0, 0.1) is 13.8 Å². The SMILES string of the molecule is Cc1ccc(C(C)C(=O)OC(C)(C)C)cc1C. The monoisotopic (exact) mass is 234 g/mol. The molecule has 0 fully saturated rings. The molecule has 2 heteroatoms. The second-order valence-electron chi connectivity index (χ2n) is 5.60. The number of carbonyl (C=O) groups excluding carboxylic acids is 1. The maximum atomic E-state index is 11.9. The van der Waals surface area contributed by atoms with E-state index in [9.17, 15) is 4.79 Å². The highest BCUT2D eigenvalue weighted by Gasteiger charge is 2.22. The van der Waals surface area contributed by atoms with Crippen molar-refractivity contribution >= 4 is 5.97 Å². The van der Waals surface area contributed by atoms with Gasteiger partial charge in [-0.3, -0.25) is 4.79 Å².